The maximum atomic E-state index is 12.6. The molecule has 2 heterocycles. The Bertz CT molecular complexity index is 787. The van der Waals surface area contributed by atoms with Crippen LogP contribution in [0.25, 0.3) is 11.0 Å². The van der Waals surface area contributed by atoms with E-state index in [2.05, 4.69) is 20.8 Å². The molecule has 1 aromatic heterocycles. The van der Waals surface area contributed by atoms with E-state index in [1.54, 1.807) is 0 Å². The maximum absolute atomic E-state index is 12.6. The van der Waals surface area contributed by atoms with Crippen LogP contribution in [0.15, 0.2) is 33.5 Å². The van der Waals surface area contributed by atoms with Gasteiger partial charge in [-0.25, -0.2) is 4.79 Å². The van der Waals surface area contributed by atoms with Gasteiger partial charge in [0.25, 0.3) is 0 Å². The molecule has 1 fully saturated rings. The second-order valence-corrected chi connectivity index (χ2v) is 7.47. The molecule has 3 nitrogen and oxygen atoms in total. The number of rotatable bonds is 0. The Morgan fingerprint density at radius 1 is 1.18 bits per heavy atom. The molecule has 4 rings (SSSR count). The molecule has 3 heteroatoms. The molecule has 0 saturated heterocycles. The van der Waals surface area contributed by atoms with Crippen LogP contribution >= 0.6 is 0 Å². The summed E-state index contributed by atoms with van der Waals surface area (Å²) in [6.45, 7) is 6.60. The van der Waals surface area contributed by atoms with Crippen LogP contribution < -0.4 is 10.4 Å². The Morgan fingerprint density at radius 3 is 2.77 bits per heavy atom. The number of hydrogen-bond donors (Lipinski definition) is 0. The zero-order chi connectivity index (χ0) is 15.5. The van der Waals surface area contributed by atoms with Crippen molar-refractivity contribution in [2.24, 2.45) is 11.8 Å². The van der Waals surface area contributed by atoms with Crippen LogP contribution in [0.3, 0.4) is 0 Å². The van der Waals surface area contributed by atoms with Crippen LogP contribution in [-0.2, 0) is 0 Å². The number of benzene rings is 1. The van der Waals surface area contributed by atoms with Gasteiger partial charge in [-0.1, -0.05) is 25.5 Å². The minimum absolute atomic E-state index is 0.215. The lowest BCUT2D eigenvalue weighted by atomic mass is 9.64. The molecule has 2 aromatic rings. The van der Waals surface area contributed by atoms with Crippen LogP contribution in [-0.4, -0.2) is 5.60 Å². The topological polar surface area (TPSA) is 39.4 Å². The molecule has 0 amide bonds. The third-order valence-electron chi connectivity index (χ3n) is 5.54. The fourth-order valence-corrected chi connectivity index (χ4v) is 4.44. The molecule has 1 aromatic carbocycles. The summed E-state index contributed by atoms with van der Waals surface area (Å²) < 4.78 is 11.9. The molecule has 2 aliphatic rings. The molecule has 0 bridgehead atoms. The molecular weight excluding hydrogens is 276 g/mol. The van der Waals surface area contributed by atoms with E-state index in [9.17, 15) is 4.79 Å². The first-order chi connectivity index (χ1) is 10.5. The van der Waals surface area contributed by atoms with Crippen molar-refractivity contribution in [1.29, 1.82) is 0 Å². The van der Waals surface area contributed by atoms with Gasteiger partial charge in [0.15, 0.2) is 0 Å². The van der Waals surface area contributed by atoms with Crippen molar-refractivity contribution in [2.45, 2.75) is 51.6 Å². The summed E-state index contributed by atoms with van der Waals surface area (Å²) in [7, 11) is 0. The lowest BCUT2D eigenvalue weighted by molar-refractivity contribution is -0.0138. The van der Waals surface area contributed by atoms with E-state index < -0.39 is 0 Å². The van der Waals surface area contributed by atoms with Gasteiger partial charge in [-0.3, -0.25) is 0 Å². The Kier molecular flexibility index (Phi) is 2.91. The average molecular weight is 298 g/mol. The fraction of sp³-hybridized carbons (Fsp3) is 0.526. The van der Waals surface area contributed by atoms with Gasteiger partial charge in [-0.2, -0.15) is 0 Å². The van der Waals surface area contributed by atoms with Crippen LogP contribution in [0, 0.1) is 11.8 Å². The Balaban J connectivity index is 2.00. The highest BCUT2D eigenvalue weighted by Crippen LogP contribution is 2.53. The Hall–Kier alpha value is -1.77. The molecular formula is C19H22O3. The molecule has 0 radical (unpaired) electrons. The van der Waals surface area contributed by atoms with E-state index in [1.165, 1.54) is 6.42 Å². The van der Waals surface area contributed by atoms with Crippen molar-refractivity contribution in [2.75, 3.05) is 0 Å². The Labute approximate surface area is 130 Å². The zero-order valence-electron chi connectivity index (χ0n) is 13.4. The molecule has 1 aliphatic heterocycles. The van der Waals surface area contributed by atoms with Gasteiger partial charge in [-0.15, -0.1) is 0 Å². The summed E-state index contributed by atoms with van der Waals surface area (Å²) in [5.41, 5.74) is 0.932. The number of hydrogen-bond acceptors (Lipinski definition) is 3. The van der Waals surface area contributed by atoms with Gasteiger partial charge in [0, 0.05) is 11.8 Å². The average Bonchev–Trinajstić information content (AvgIpc) is 2.46. The van der Waals surface area contributed by atoms with Gasteiger partial charge in [0.05, 0.1) is 10.9 Å². The highest BCUT2D eigenvalue weighted by Gasteiger charge is 2.48. The van der Waals surface area contributed by atoms with Crippen LogP contribution in [0.4, 0.5) is 0 Å². The minimum atomic E-state index is -0.242. The monoisotopic (exact) mass is 298 g/mol. The molecule has 0 spiro atoms. The van der Waals surface area contributed by atoms with Crippen molar-refractivity contribution >= 4 is 11.0 Å². The largest absolute Gasteiger partial charge is 0.486 e. The summed E-state index contributed by atoms with van der Waals surface area (Å²) in [5.74, 6) is 2.05. The second-order valence-electron chi connectivity index (χ2n) is 7.47. The summed E-state index contributed by atoms with van der Waals surface area (Å²) in [6, 6.07) is 7.68. The minimum Gasteiger partial charge on any atom is -0.486 e. The van der Waals surface area contributed by atoms with Crippen LogP contribution in [0.5, 0.6) is 5.75 Å². The maximum Gasteiger partial charge on any atom is 0.343 e. The summed E-state index contributed by atoms with van der Waals surface area (Å²) in [6.07, 6.45) is 3.38. The van der Waals surface area contributed by atoms with E-state index in [1.807, 2.05) is 24.3 Å². The van der Waals surface area contributed by atoms with E-state index in [0.29, 0.717) is 17.4 Å². The van der Waals surface area contributed by atoms with E-state index in [-0.39, 0.29) is 17.1 Å². The van der Waals surface area contributed by atoms with Crippen molar-refractivity contribution < 1.29 is 9.15 Å². The van der Waals surface area contributed by atoms with Crippen LogP contribution in [0.1, 0.15) is 51.5 Å². The van der Waals surface area contributed by atoms with E-state index in [0.717, 1.165) is 29.5 Å². The lowest BCUT2D eigenvalue weighted by Crippen LogP contribution is -2.48. The first-order valence-corrected chi connectivity index (χ1v) is 8.22. The molecule has 0 N–H and O–H groups in total. The number of ether oxygens (including phenoxy) is 1. The number of para-hydroxylation sites is 1. The summed E-state index contributed by atoms with van der Waals surface area (Å²) in [4.78, 5) is 12.6. The van der Waals surface area contributed by atoms with Gasteiger partial charge in [0.1, 0.15) is 16.9 Å². The highest BCUT2D eigenvalue weighted by molar-refractivity contribution is 5.85. The van der Waals surface area contributed by atoms with Gasteiger partial charge < -0.3 is 9.15 Å². The first kappa shape index (κ1) is 13.9. The molecule has 3 atom stereocenters. The standard InChI is InChI=1S/C19H22O3/c1-11-8-9-14-13(10-11)16-17(22-19(14,2)3)12-6-4-5-7-15(12)21-18(16)20/h4-7,11,13-14H,8-10H2,1-3H3/t11-,13-,14-/m0/s1. The van der Waals surface area contributed by atoms with E-state index in [4.69, 9.17) is 9.15 Å². The third kappa shape index (κ3) is 1.91. The highest BCUT2D eigenvalue weighted by atomic mass is 16.5. The van der Waals surface area contributed by atoms with E-state index >= 15 is 0 Å². The molecule has 1 aliphatic carbocycles. The lowest BCUT2D eigenvalue weighted by Gasteiger charge is -2.48. The zero-order valence-corrected chi connectivity index (χ0v) is 13.4. The van der Waals surface area contributed by atoms with Crippen LogP contribution in [0.2, 0.25) is 0 Å². The SMILES string of the molecule is C[C@H]1CC[C@H]2[C@H](C1)c1c(c3ccccc3oc1=O)OC2(C)C. The fourth-order valence-electron chi connectivity index (χ4n) is 4.44. The summed E-state index contributed by atoms with van der Waals surface area (Å²) in [5, 5.41) is 0.918. The van der Waals surface area contributed by atoms with Crippen molar-refractivity contribution in [3.63, 3.8) is 0 Å². The molecule has 0 unspecified atom stereocenters. The predicted molar refractivity (Wildman–Crippen MR) is 86.4 cm³/mol. The quantitative estimate of drug-likeness (QED) is 0.673. The van der Waals surface area contributed by atoms with Gasteiger partial charge in [0.2, 0.25) is 0 Å². The predicted octanol–water partition coefficient (Wildman–Crippen LogP) is 4.48. The van der Waals surface area contributed by atoms with Gasteiger partial charge >= 0.3 is 5.63 Å². The number of fused-ring (bicyclic) bond motifs is 5. The smallest absolute Gasteiger partial charge is 0.343 e. The molecule has 116 valence electrons. The molecule has 22 heavy (non-hydrogen) atoms. The van der Waals surface area contributed by atoms with Crippen molar-refractivity contribution in [3.05, 3.63) is 40.2 Å². The summed E-state index contributed by atoms with van der Waals surface area (Å²) >= 11 is 0. The first-order valence-electron chi connectivity index (χ1n) is 8.22. The second kappa shape index (κ2) is 4.61. The normalized spacial score (nSPS) is 29.5. The molecule has 1 saturated carbocycles. The van der Waals surface area contributed by atoms with Crippen molar-refractivity contribution in [1.82, 2.24) is 0 Å². The third-order valence-corrected chi connectivity index (χ3v) is 5.54. The van der Waals surface area contributed by atoms with Gasteiger partial charge in [-0.05, 0) is 44.7 Å². The Morgan fingerprint density at radius 2 is 1.95 bits per heavy atom. The van der Waals surface area contributed by atoms with Crippen molar-refractivity contribution in [3.8, 4) is 5.75 Å².